The van der Waals surface area contributed by atoms with E-state index in [-0.39, 0.29) is 17.7 Å². The molecule has 0 radical (unpaired) electrons. The minimum absolute atomic E-state index is 0.211. The van der Waals surface area contributed by atoms with Crippen molar-refractivity contribution in [2.75, 3.05) is 19.7 Å². The Morgan fingerprint density at radius 1 is 1.29 bits per heavy atom. The number of carbonyl (C=O) groups is 1. The first-order valence-corrected chi connectivity index (χ1v) is 8.18. The van der Waals surface area contributed by atoms with Crippen LogP contribution in [0.25, 0.3) is 10.9 Å². The Morgan fingerprint density at radius 3 is 2.67 bits per heavy atom. The van der Waals surface area contributed by atoms with Gasteiger partial charge in [-0.25, -0.2) is 9.59 Å². The number of H-pyrrole nitrogens is 1. The summed E-state index contributed by atoms with van der Waals surface area (Å²) in [5.41, 5.74) is 0.794. The van der Waals surface area contributed by atoms with Gasteiger partial charge in [-0.1, -0.05) is 12.1 Å². The Hall–Kier alpha value is -2.57. The van der Waals surface area contributed by atoms with E-state index in [1.165, 1.54) is 4.57 Å². The molecule has 1 aromatic carbocycles. The molecule has 0 saturated carbocycles. The van der Waals surface area contributed by atoms with Crippen molar-refractivity contribution in [2.45, 2.75) is 32.7 Å². The topological polar surface area (TPSA) is 84.4 Å². The molecule has 2 heterocycles. The highest BCUT2D eigenvalue weighted by Gasteiger charge is 2.26. The molecule has 1 saturated heterocycles. The summed E-state index contributed by atoms with van der Waals surface area (Å²) in [6.45, 7) is 4.91. The molecule has 1 aromatic heterocycles. The van der Waals surface area contributed by atoms with Crippen LogP contribution < -0.4 is 11.2 Å². The predicted molar refractivity (Wildman–Crippen MR) is 90.4 cm³/mol. The maximum Gasteiger partial charge on any atom is 0.409 e. The molecule has 1 aliphatic heterocycles. The Kier molecular flexibility index (Phi) is 4.42. The molecule has 0 unspecified atom stereocenters. The molecule has 3 rings (SSSR count). The number of nitrogens with one attached hydrogen (secondary N) is 1. The van der Waals surface area contributed by atoms with E-state index in [4.69, 9.17) is 4.74 Å². The van der Waals surface area contributed by atoms with E-state index in [0.29, 0.717) is 43.4 Å². The van der Waals surface area contributed by atoms with E-state index in [2.05, 4.69) is 4.98 Å². The van der Waals surface area contributed by atoms with Gasteiger partial charge >= 0.3 is 11.8 Å². The number of aryl methyl sites for hydroxylation is 1. The van der Waals surface area contributed by atoms with Gasteiger partial charge in [0, 0.05) is 19.1 Å². The van der Waals surface area contributed by atoms with Gasteiger partial charge in [0.05, 0.1) is 17.5 Å². The van der Waals surface area contributed by atoms with Gasteiger partial charge in [-0.15, -0.1) is 0 Å². The summed E-state index contributed by atoms with van der Waals surface area (Å²) in [5, 5.41) is 0.516. The van der Waals surface area contributed by atoms with Crippen LogP contribution in [0.15, 0.2) is 27.8 Å². The average molecular weight is 331 g/mol. The number of likely N-dealkylation sites (tertiary alicyclic amines) is 1. The van der Waals surface area contributed by atoms with Crippen molar-refractivity contribution in [1.82, 2.24) is 14.5 Å². The smallest absolute Gasteiger partial charge is 0.409 e. The summed E-state index contributed by atoms with van der Waals surface area (Å²) in [4.78, 5) is 41.4. The van der Waals surface area contributed by atoms with Gasteiger partial charge < -0.3 is 14.6 Å². The Balaban J connectivity index is 1.90. The van der Waals surface area contributed by atoms with Crippen molar-refractivity contribution in [3.63, 3.8) is 0 Å². The molecule has 128 valence electrons. The lowest BCUT2D eigenvalue weighted by atomic mass is 10.0. The summed E-state index contributed by atoms with van der Waals surface area (Å²) in [5.74, 6) is 0. The van der Waals surface area contributed by atoms with Gasteiger partial charge in [-0.2, -0.15) is 0 Å². The average Bonchev–Trinajstić information content (AvgIpc) is 2.57. The van der Waals surface area contributed by atoms with E-state index >= 15 is 0 Å². The van der Waals surface area contributed by atoms with Crippen molar-refractivity contribution in [3.8, 4) is 0 Å². The standard InChI is InChI=1S/C17H21N3O4/c1-3-24-17(23)19-9-7-12(8-10-19)20-15(21)13-6-4-5-11(2)14(13)18-16(20)22/h4-6,12H,3,7-10H2,1-2H3,(H,18,22). The number of amides is 1. The number of aromatic nitrogens is 2. The molecule has 1 N–H and O–H groups in total. The lowest BCUT2D eigenvalue weighted by Gasteiger charge is -2.31. The lowest BCUT2D eigenvalue weighted by Crippen LogP contribution is -2.45. The molecular weight excluding hydrogens is 310 g/mol. The fourth-order valence-electron chi connectivity index (χ4n) is 3.25. The van der Waals surface area contributed by atoms with Gasteiger partial charge in [0.15, 0.2) is 0 Å². The van der Waals surface area contributed by atoms with E-state index in [1.807, 2.05) is 19.1 Å². The number of aromatic amines is 1. The van der Waals surface area contributed by atoms with Crippen LogP contribution in [0.5, 0.6) is 0 Å². The number of para-hydroxylation sites is 1. The van der Waals surface area contributed by atoms with Crippen molar-refractivity contribution >= 4 is 17.0 Å². The van der Waals surface area contributed by atoms with Crippen molar-refractivity contribution < 1.29 is 9.53 Å². The fourth-order valence-corrected chi connectivity index (χ4v) is 3.25. The highest BCUT2D eigenvalue weighted by Crippen LogP contribution is 2.21. The number of rotatable bonds is 2. The summed E-state index contributed by atoms with van der Waals surface area (Å²) in [6, 6.07) is 5.19. The van der Waals surface area contributed by atoms with Crippen LogP contribution in [0.1, 0.15) is 31.4 Å². The van der Waals surface area contributed by atoms with E-state index in [0.717, 1.165) is 5.56 Å². The second kappa shape index (κ2) is 6.51. The number of benzene rings is 1. The zero-order valence-electron chi connectivity index (χ0n) is 13.9. The second-order valence-electron chi connectivity index (χ2n) is 6.02. The van der Waals surface area contributed by atoms with Gasteiger partial charge in [0.2, 0.25) is 0 Å². The van der Waals surface area contributed by atoms with Crippen LogP contribution in [0.3, 0.4) is 0 Å². The van der Waals surface area contributed by atoms with Crippen molar-refractivity contribution in [1.29, 1.82) is 0 Å². The predicted octanol–water partition coefficient (Wildman–Crippen LogP) is 1.79. The zero-order chi connectivity index (χ0) is 17.3. The molecule has 0 spiro atoms. The fraction of sp³-hybridized carbons (Fsp3) is 0.471. The highest BCUT2D eigenvalue weighted by atomic mass is 16.6. The Labute approximate surface area is 138 Å². The van der Waals surface area contributed by atoms with Crippen molar-refractivity contribution in [2.24, 2.45) is 0 Å². The molecule has 1 fully saturated rings. The number of fused-ring (bicyclic) bond motifs is 1. The highest BCUT2D eigenvalue weighted by molar-refractivity contribution is 5.80. The van der Waals surface area contributed by atoms with Gasteiger partial charge in [0.25, 0.3) is 5.56 Å². The maximum absolute atomic E-state index is 12.8. The maximum atomic E-state index is 12.8. The van der Waals surface area contributed by atoms with E-state index in [9.17, 15) is 14.4 Å². The largest absolute Gasteiger partial charge is 0.450 e. The summed E-state index contributed by atoms with van der Waals surface area (Å²) >= 11 is 0. The van der Waals surface area contributed by atoms with E-state index in [1.54, 1.807) is 17.9 Å². The minimum atomic E-state index is -0.392. The number of ether oxygens (including phenoxy) is 1. The Bertz CT molecular complexity index is 876. The quantitative estimate of drug-likeness (QED) is 0.909. The molecule has 0 atom stereocenters. The number of hydrogen-bond acceptors (Lipinski definition) is 4. The van der Waals surface area contributed by atoms with Crippen LogP contribution in [-0.2, 0) is 4.74 Å². The molecule has 0 bridgehead atoms. The van der Waals surface area contributed by atoms with Gasteiger partial charge in [-0.3, -0.25) is 9.36 Å². The summed E-state index contributed by atoms with van der Waals surface area (Å²) < 4.78 is 6.29. The molecule has 7 heteroatoms. The normalized spacial score (nSPS) is 15.7. The molecular formula is C17H21N3O4. The number of hydrogen-bond donors (Lipinski definition) is 1. The van der Waals surface area contributed by atoms with Crippen LogP contribution in [-0.4, -0.2) is 40.2 Å². The molecule has 7 nitrogen and oxygen atoms in total. The summed E-state index contributed by atoms with van der Waals surface area (Å²) in [6.07, 6.45) is 0.768. The first kappa shape index (κ1) is 16.3. The third-order valence-electron chi connectivity index (χ3n) is 4.53. The molecule has 1 amide bonds. The second-order valence-corrected chi connectivity index (χ2v) is 6.02. The third-order valence-corrected chi connectivity index (χ3v) is 4.53. The van der Waals surface area contributed by atoms with Crippen LogP contribution in [0.4, 0.5) is 4.79 Å². The third kappa shape index (κ3) is 2.81. The van der Waals surface area contributed by atoms with Gasteiger partial charge in [0.1, 0.15) is 0 Å². The van der Waals surface area contributed by atoms with Crippen LogP contribution >= 0.6 is 0 Å². The summed E-state index contributed by atoms with van der Waals surface area (Å²) in [7, 11) is 0. The number of carbonyl (C=O) groups excluding carboxylic acids is 1. The SMILES string of the molecule is CCOC(=O)N1CCC(n2c(=O)[nH]c3c(C)cccc3c2=O)CC1. The first-order chi connectivity index (χ1) is 11.5. The molecule has 24 heavy (non-hydrogen) atoms. The lowest BCUT2D eigenvalue weighted by molar-refractivity contribution is 0.0920. The molecule has 1 aliphatic rings. The number of piperidine rings is 1. The minimum Gasteiger partial charge on any atom is -0.450 e. The number of nitrogens with zero attached hydrogens (tertiary/aromatic N) is 2. The molecule has 2 aromatic rings. The first-order valence-electron chi connectivity index (χ1n) is 8.18. The van der Waals surface area contributed by atoms with Crippen LogP contribution in [0, 0.1) is 6.92 Å². The Morgan fingerprint density at radius 2 is 2.00 bits per heavy atom. The van der Waals surface area contributed by atoms with E-state index < -0.39 is 5.69 Å². The van der Waals surface area contributed by atoms with Crippen LogP contribution in [0.2, 0.25) is 0 Å². The zero-order valence-corrected chi connectivity index (χ0v) is 13.9. The monoisotopic (exact) mass is 331 g/mol. The van der Waals surface area contributed by atoms with Gasteiger partial charge in [-0.05, 0) is 38.3 Å². The molecule has 0 aliphatic carbocycles. The van der Waals surface area contributed by atoms with Crippen molar-refractivity contribution in [3.05, 3.63) is 44.6 Å².